The van der Waals surface area contributed by atoms with Crippen LogP contribution in [0.3, 0.4) is 0 Å². The summed E-state index contributed by atoms with van der Waals surface area (Å²) in [6.07, 6.45) is 3.78. The van der Waals surface area contributed by atoms with Gasteiger partial charge in [0.1, 0.15) is 0 Å². The van der Waals surface area contributed by atoms with Gasteiger partial charge in [-0.2, -0.15) is 0 Å². The van der Waals surface area contributed by atoms with Crippen molar-refractivity contribution in [1.29, 1.82) is 0 Å². The molecule has 1 aromatic carbocycles. The molecule has 24 heavy (non-hydrogen) atoms. The fraction of sp³-hybridized carbons (Fsp3) is 0.389. The third kappa shape index (κ3) is 3.63. The highest BCUT2D eigenvalue weighted by atomic mass is 35.7. The monoisotopic (exact) mass is 364 g/mol. The zero-order valence-electron chi connectivity index (χ0n) is 13.9. The van der Waals surface area contributed by atoms with Crippen molar-refractivity contribution in [3.05, 3.63) is 58.9 Å². The van der Waals surface area contributed by atoms with Crippen molar-refractivity contribution in [2.75, 3.05) is 6.54 Å². The van der Waals surface area contributed by atoms with E-state index in [0.717, 1.165) is 30.6 Å². The van der Waals surface area contributed by atoms with E-state index in [-0.39, 0.29) is 10.9 Å². The van der Waals surface area contributed by atoms with Gasteiger partial charge in [-0.05, 0) is 54.7 Å². The molecule has 0 N–H and O–H groups in total. The van der Waals surface area contributed by atoms with Crippen molar-refractivity contribution < 1.29 is 8.42 Å². The lowest BCUT2D eigenvalue weighted by Gasteiger charge is -2.34. The quantitative estimate of drug-likeness (QED) is 0.776. The number of aryl methyl sites for hydroxylation is 1. The summed E-state index contributed by atoms with van der Waals surface area (Å²) in [5.41, 5.74) is 4.50. The first-order valence-corrected chi connectivity index (χ1v) is 10.4. The highest BCUT2D eigenvalue weighted by Gasteiger charge is 2.23. The lowest BCUT2D eigenvalue weighted by Crippen LogP contribution is -2.33. The van der Waals surface area contributed by atoms with Crippen molar-refractivity contribution in [1.82, 2.24) is 9.88 Å². The third-order valence-electron chi connectivity index (χ3n) is 4.74. The summed E-state index contributed by atoms with van der Waals surface area (Å²) in [6.45, 7) is 5.91. The van der Waals surface area contributed by atoms with E-state index < -0.39 is 9.05 Å². The van der Waals surface area contributed by atoms with E-state index in [9.17, 15) is 8.42 Å². The second-order valence-electron chi connectivity index (χ2n) is 6.20. The fourth-order valence-corrected chi connectivity index (χ4v) is 3.94. The molecule has 1 aromatic heterocycles. The molecule has 0 spiro atoms. The molecule has 0 radical (unpaired) electrons. The number of aromatic nitrogens is 1. The maximum atomic E-state index is 11.6. The molecular weight excluding hydrogens is 344 g/mol. The maximum Gasteiger partial charge on any atom is 0.261 e. The standard InChI is InChI=1S/C18H21ClN2O2S/c1-3-17-6-4-15(11-20-17)13(2)21-9-8-14-5-7-18(24(19,22)23)10-16(14)12-21/h4-7,10-11,13H,3,8-9,12H2,1-2H3/t13-/m1/s1. The number of fused-ring (bicyclic) bond motifs is 1. The molecule has 0 aliphatic carbocycles. The van der Waals surface area contributed by atoms with Gasteiger partial charge in [0.15, 0.2) is 0 Å². The first-order valence-electron chi connectivity index (χ1n) is 8.14. The second-order valence-corrected chi connectivity index (χ2v) is 8.77. The summed E-state index contributed by atoms with van der Waals surface area (Å²) in [4.78, 5) is 7.00. The molecule has 0 amide bonds. The van der Waals surface area contributed by atoms with Crippen LogP contribution in [-0.2, 0) is 28.4 Å². The smallest absolute Gasteiger partial charge is 0.261 e. The zero-order chi connectivity index (χ0) is 17.3. The first-order chi connectivity index (χ1) is 11.4. The molecule has 3 rings (SSSR count). The summed E-state index contributed by atoms with van der Waals surface area (Å²) in [5, 5.41) is 0. The lowest BCUT2D eigenvalue weighted by molar-refractivity contribution is 0.191. The Kier molecular flexibility index (Phi) is 4.95. The summed E-state index contributed by atoms with van der Waals surface area (Å²) in [7, 11) is 1.78. The third-order valence-corrected chi connectivity index (χ3v) is 6.09. The van der Waals surface area contributed by atoms with Crippen LogP contribution in [0.2, 0.25) is 0 Å². The van der Waals surface area contributed by atoms with Crippen molar-refractivity contribution in [2.24, 2.45) is 0 Å². The number of nitrogens with zero attached hydrogens (tertiary/aromatic N) is 2. The number of rotatable bonds is 4. The van der Waals surface area contributed by atoms with E-state index in [2.05, 4.69) is 35.9 Å². The van der Waals surface area contributed by atoms with Gasteiger partial charge in [-0.25, -0.2) is 8.42 Å². The van der Waals surface area contributed by atoms with Crippen LogP contribution >= 0.6 is 10.7 Å². The Bertz CT molecular complexity index is 835. The van der Waals surface area contributed by atoms with Crippen LogP contribution in [0, 0.1) is 0 Å². The van der Waals surface area contributed by atoms with E-state index in [4.69, 9.17) is 10.7 Å². The van der Waals surface area contributed by atoms with Gasteiger partial charge in [0, 0.05) is 41.7 Å². The summed E-state index contributed by atoms with van der Waals surface area (Å²) < 4.78 is 23.1. The topological polar surface area (TPSA) is 50.3 Å². The molecule has 1 atom stereocenters. The Morgan fingerprint density at radius 2 is 2.04 bits per heavy atom. The fourth-order valence-electron chi connectivity index (χ4n) is 3.14. The molecule has 2 aromatic rings. The van der Waals surface area contributed by atoms with Gasteiger partial charge in [0.05, 0.1) is 4.90 Å². The molecule has 1 aliphatic heterocycles. The lowest BCUT2D eigenvalue weighted by atomic mass is 9.97. The normalized spacial score (nSPS) is 16.6. The first kappa shape index (κ1) is 17.4. The van der Waals surface area contributed by atoms with E-state index in [0.29, 0.717) is 6.54 Å². The Labute approximate surface area is 147 Å². The van der Waals surface area contributed by atoms with E-state index in [1.54, 1.807) is 12.1 Å². The highest BCUT2D eigenvalue weighted by molar-refractivity contribution is 8.13. The predicted molar refractivity (Wildman–Crippen MR) is 95.6 cm³/mol. The molecule has 0 fully saturated rings. The van der Waals surface area contributed by atoms with Gasteiger partial charge in [0.2, 0.25) is 0 Å². The molecule has 0 saturated carbocycles. The van der Waals surface area contributed by atoms with Crippen LogP contribution in [0.1, 0.15) is 42.3 Å². The Morgan fingerprint density at radius 3 is 2.67 bits per heavy atom. The molecule has 4 nitrogen and oxygen atoms in total. The highest BCUT2D eigenvalue weighted by Crippen LogP contribution is 2.29. The zero-order valence-corrected chi connectivity index (χ0v) is 15.4. The summed E-state index contributed by atoms with van der Waals surface area (Å²) in [5.74, 6) is 0. The average Bonchev–Trinajstić information content (AvgIpc) is 2.59. The second kappa shape index (κ2) is 6.82. The predicted octanol–water partition coefficient (Wildman–Crippen LogP) is 3.69. The SMILES string of the molecule is CCc1ccc([C@@H](C)N2CCc3ccc(S(=O)(=O)Cl)cc3C2)cn1. The van der Waals surface area contributed by atoms with Crippen LogP contribution < -0.4 is 0 Å². The van der Waals surface area contributed by atoms with Crippen LogP contribution in [-0.4, -0.2) is 24.8 Å². The Hall–Kier alpha value is -1.43. The summed E-state index contributed by atoms with van der Waals surface area (Å²) in [6, 6.07) is 9.60. The van der Waals surface area contributed by atoms with Crippen LogP contribution in [0.5, 0.6) is 0 Å². The minimum atomic E-state index is -3.69. The van der Waals surface area contributed by atoms with Gasteiger partial charge < -0.3 is 0 Å². The van der Waals surface area contributed by atoms with Crippen LogP contribution in [0.4, 0.5) is 0 Å². The number of halogens is 1. The largest absolute Gasteiger partial charge is 0.292 e. The molecule has 2 heterocycles. The van der Waals surface area contributed by atoms with Crippen molar-refractivity contribution in [3.63, 3.8) is 0 Å². The van der Waals surface area contributed by atoms with Gasteiger partial charge in [-0.1, -0.05) is 19.1 Å². The Morgan fingerprint density at radius 1 is 1.25 bits per heavy atom. The molecule has 0 saturated heterocycles. The van der Waals surface area contributed by atoms with E-state index in [1.165, 1.54) is 11.1 Å². The maximum absolute atomic E-state index is 11.6. The van der Waals surface area contributed by atoms with Crippen molar-refractivity contribution >= 4 is 19.7 Å². The minimum Gasteiger partial charge on any atom is -0.292 e. The summed E-state index contributed by atoms with van der Waals surface area (Å²) >= 11 is 0. The minimum absolute atomic E-state index is 0.173. The van der Waals surface area contributed by atoms with Gasteiger partial charge in [0.25, 0.3) is 9.05 Å². The molecule has 6 heteroatoms. The Balaban J connectivity index is 1.82. The van der Waals surface area contributed by atoms with Gasteiger partial charge in [-0.15, -0.1) is 0 Å². The molecule has 0 bridgehead atoms. The molecule has 128 valence electrons. The van der Waals surface area contributed by atoms with Crippen LogP contribution in [0.15, 0.2) is 41.4 Å². The van der Waals surface area contributed by atoms with Crippen molar-refractivity contribution in [3.8, 4) is 0 Å². The van der Waals surface area contributed by atoms with Gasteiger partial charge >= 0.3 is 0 Å². The number of pyridine rings is 1. The number of hydrogen-bond acceptors (Lipinski definition) is 4. The number of benzene rings is 1. The molecular formula is C18H21ClN2O2S. The average molecular weight is 365 g/mol. The number of hydrogen-bond donors (Lipinski definition) is 0. The molecule has 0 unspecified atom stereocenters. The van der Waals surface area contributed by atoms with Crippen LogP contribution in [0.25, 0.3) is 0 Å². The molecule has 1 aliphatic rings. The van der Waals surface area contributed by atoms with E-state index >= 15 is 0 Å². The van der Waals surface area contributed by atoms with Gasteiger partial charge in [-0.3, -0.25) is 9.88 Å². The van der Waals surface area contributed by atoms with E-state index in [1.807, 2.05) is 12.3 Å². The van der Waals surface area contributed by atoms with Crippen molar-refractivity contribution in [2.45, 2.75) is 44.2 Å².